The molecule has 1 saturated carbocycles. The van der Waals surface area contributed by atoms with Crippen molar-refractivity contribution in [2.75, 3.05) is 0 Å². The van der Waals surface area contributed by atoms with E-state index in [2.05, 4.69) is 0 Å². The first-order chi connectivity index (χ1) is 35.3. The maximum Gasteiger partial charge on any atom is 0.418 e. The Morgan fingerprint density at radius 1 is 0.306 bits per heavy atom. The van der Waals surface area contributed by atoms with Gasteiger partial charge in [0, 0.05) is 26.2 Å². The van der Waals surface area contributed by atoms with Crippen molar-refractivity contribution in [1.82, 2.24) is 9.80 Å². The van der Waals surface area contributed by atoms with Crippen molar-refractivity contribution >= 4 is 24.1 Å². The van der Waals surface area contributed by atoms with E-state index in [1.165, 1.54) is 9.80 Å². The summed E-state index contributed by atoms with van der Waals surface area (Å²) in [4.78, 5) is 58.3. The quantitative estimate of drug-likeness (QED) is 0.0605. The molecule has 0 aliphatic heterocycles. The van der Waals surface area contributed by atoms with E-state index in [4.69, 9.17) is 28.4 Å². The Hall–Kier alpha value is -9.16. The number of ether oxygens (including phenoxy) is 6. The zero-order chi connectivity index (χ0) is 49.5. The predicted octanol–water partition coefficient (Wildman–Crippen LogP) is 13.9. The number of amides is 2. The maximum atomic E-state index is 14.0. The van der Waals surface area contributed by atoms with Gasteiger partial charge in [0.2, 0.25) is 0 Å². The second-order valence-electron chi connectivity index (χ2n) is 17.1. The summed E-state index contributed by atoms with van der Waals surface area (Å²) < 4.78 is 34.9. The standard InChI is InChI=1S/C60H50N2O10/c63-57(71-59(65)61(39-43-21-29-51(30-22-43)67-47-13-5-1-6-14-47)40-44-23-31-52(32-24-44)68-48-15-7-2-8-16-48)55-37-38-56(55)58(64)72-60(66)62(41-45-25-33-53(34-26-45)69-49-17-9-3-10-18-49)42-46-27-35-54(36-28-46)70-50-19-11-4-12-20-50/h1-36,55-56H,37-42H2. The number of rotatable bonds is 18. The lowest BCUT2D eigenvalue weighted by Crippen LogP contribution is -2.44. The Balaban J connectivity index is 0.858. The molecule has 9 rings (SSSR count). The second-order valence-corrected chi connectivity index (χ2v) is 17.1. The lowest BCUT2D eigenvalue weighted by molar-refractivity contribution is -0.161. The molecule has 8 aromatic rings. The largest absolute Gasteiger partial charge is 0.457 e. The molecule has 12 nitrogen and oxygen atoms in total. The van der Waals surface area contributed by atoms with Crippen LogP contribution in [0.4, 0.5) is 9.59 Å². The summed E-state index contributed by atoms with van der Waals surface area (Å²) in [6, 6.07) is 66.6. The molecule has 12 heteroatoms. The summed E-state index contributed by atoms with van der Waals surface area (Å²) in [5.41, 5.74) is 3.02. The topological polar surface area (TPSA) is 130 Å². The number of nitrogens with zero attached hydrogens (tertiary/aromatic N) is 2. The van der Waals surface area contributed by atoms with Crippen LogP contribution in [0.15, 0.2) is 218 Å². The van der Waals surface area contributed by atoms with Gasteiger partial charge >= 0.3 is 24.1 Å². The first-order valence-corrected chi connectivity index (χ1v) is 23.5. The molecule has 2 atom stereocenters. The van der Waals surface area contributed by atoms with E-state index in [1.54, 1.807) is 48.5 Å². The van der Waals surface area contributed by atoms with Crippen molar-refractivity contribution in [3.63, 3.8) is 0 Å². The lowest BCUT2D eigenvalue weighted by Gasteiger charge is -2.33. The van der Waals surface area contributed by atoms with Gasteiger partial charge in [-0.25, -0.2) is 9.59 Å². The third-order valence-corrected chi connectivity index (χ3v) is 11.9. The Labute approximate surface area is 417 Å². The van der Waals surface area contributed by atoms with E-state index < -0.39 is 36.0 Å². The molecule has 0 N–H and O–H groups in total. The summed E-state index contributed by atoms with van der Waals surface area (Å²) in [5.74, 6) is 1.42. The zero-order valence-corrected chi connectivity index (χ0v) is 39.2. The van der Waals surface area contributed by atoms with E-state index in [0.29, 0.717) is 46.0 Å². The average molecular weight is 959 g/mol. The smallest absolute Gasteiger partial charge is 0.418 e. The number of esters is 2. The highest BCUT2D eigenvalue weighted by atomic mass is 16.6. The van der Waals surface area contributed by atoms with Crippen LogP contribution >= 0.6 is 0 Å². The van der Waals surface area contributed by atoms with Gasteiger partial charge in [-0.1, -0.05) is 121 Å². The van der Waals surface area contributed by atoms with Crippen LogP contribution in [-0.4, -0.2) is 33.9 Å². The Morgan fingerprint density at radius 3 is 0.722 bits per heavy atom. The van der Waals surface area contributed by atoms with Gasteiger partial charge in [0.25, 0.3) is 0 Å². The third kappa shape index (κ3) is 13.3. The van der Waals surface area contributed by atoms with E-state index >= 15 is 0 Å². The SMILES string of the molecule is O=C(OC(=O)N(Cc1ccc(Oc2ccccc2)cc1)Cc1ccc(Oc2ccccc2)cc1)C1CCC1C(=O)OC(=O)N(Cc1ccc(Oc2ccccc2)cc1)Cc1ccc(Oc2ccccc2)cc1. The number of hydrogen-bond acceptors (Lipinski definition) is 10. The molecular formula is C60H50N2O10. The molecular weight excluding hydrogens is 909 g/mol. The van der Waals surface area contributed by atoms with E-state index in [-0.39, 0.29) is 39.0 Å². The molecule has 0 saturated heterocycles. The van der Waals surface area contributed by atoms with Gasteiger partial charge in [0.15, 0.2) is 0 Å². The van der Waals surface area contributed by atoms with E-state index in [1.807, 2.05) is 170 Å². The fourth-order valence-electron chi connectivity index (χ4n) is 7.92. The van der Waals surface area contributed by atoms with Crippen molar-refractivity contribution < 1.29 is 47.6 Å². The Bertz CT molecular complexity index is 2650. The van der Waals surface area contributed by atoms with Crippen LogP contribution in [0.25, 0.3) is 0 Å². The molecule has 2 unspecified atom stereocenters. The van der Waals surface area contributed by atoms with Crippen molar-refractivity contribution in [1.29, 1.82) is 0 Å². The van der Waals surface area contributed by atoms with E-state index in [0.717, 1.165) is 22.3 Å². The number of hydrogen-bond donors (Lipinski definition) is 0. The molecule has 0 bridgehead atoms. The van der Waals surface area contributed by atoms with Gasteiger partial charge in [-0.05, 0) is 132 Å². The van der Waals surface area contributed by atoms with Gasteiger partial charge in [-0.15, -0.1) is 0 Å². The van der Waals surface area contributed by atoms with Gasteiger partial charge in [0.1, 0.15) is 46.0 Å². The molecule has 8 aromatic carbocycles. The van der Waals surface area contributed by atoms with E-state index in [9.17, 15) is 19.2 Å². The van der Waals surface area contributed by atoms with Gasteiger partial charge in [-0.3, -0.25) is 19.4 Å². The molecule has 72 heavy (non-hydrogen) atoms. The van der Waals surface area contributed by atoms with Gasteiger partial charge in [0.05, 0.1) is 11.8 Å². The monoisotopic (exact) mass is 958 g/mol. The highest BCUT2D eigenvalue weighted by Gasteiger charge is 2.45. The van der Waals surface area contributed by atoms with Crippen LogP contribution in [0, 0.1) is 11.8 Å². The predicted molar refractivity (Wildman–Crippen MR) is 270 cm³/mol. The molecule has 360 valence electrons. The molecule has 0 aromatic heterocycles. The van der Waals surface area contributed by atoms with Crippen LogP contribution in [0.5, 0.6) is 46.0 Å². The summed E-state index contributed by atoms with van der Waals surface area (Å²) >= 11 is 0. The second kappa shape index (κ2) is 23.4. The highest BCUT2D eigenvalue weighted by Crippen LogP contribution is 2.37. The lowest BCUT2D eigenvalue weighted by atomic mass is 9.74. The summed E-state index contributed by atoms with van der Waals surface area (Å²) in [6.07, 6.45) is -1.25. The van der Waals surface area contributed by atoms with Crippen molar-refractivity contribution in [3.8, 4) is 46.0 Å². The highest BCUT2D eigenvalue weighted by molar-refractivity contribution is 5.93. The minimum atomic E-state index is -0.997. The van der Waals surface area contributed by atoms with Crippen molar-refractivity contribution in [2.45, 2.75) is 39.0 Å². The fourth-order valence-corrected chi connectivity index (χ4v) is 7.92. The minimum absolute atomic E-state index is 0.0893. The first-order valence-electron chi connectivity index (χ1n) is 23.5. The zero-order valence-electron chi connectivity index (χ0n) is 39.2. The van der Waals surface area contributed by atoms with Crippen LogP contribution < -0.4 is 18.9 Å². The summed E-state index contributed by atoms with van der Waals surface area (Å²) in [7, 11) is 0. The average Bonchev–Trinajstić information content (AvgIpc) is 3.39. The maximum absolute atomic E-state index is 14.0. The third-order valence-electron chi connectivity index (χ3n) is 11.9. The Morgan fingerprint density at radius 2 is 0.514 bits per heavy atom. The number of carbonyl (C=O) groups excluding carboxylic acids is 4. The molecule has 2 amide bonds. The Kier molecular flexibility index (Phi) is 15.6. The first kappa shape index (κ1) is 47.9. The van der Waals surface area contributed by atoms with Crippen molar-refractivity contribution in [2.24, 2.45) is 11.8 Å². The normalized spacial score (nSPS) is 13.6. The van der Waals surface area contributed by atoms with Gasteiger partial charge < -0.3 is 28.4 Å². The van der Waals surface area contributed by atoms with Crippen LogP contribution in [0.3, 0.4) is 0 Å². The summed E-state index contributed by atoms with van der Waals surface area (Å²) in [6.45, 7) is 0.357. The minimum Gasteiger partial charge on any atom is -0.457 e. The van der Waals surface area contributed by atoms with Gasteiger partial charge in [-0.2, -0.15) is 0 Å². The van der Waals surface area contributed by atoms with Crippen LogP contribution in [0.1, 0.15) is 35.1 Å². The molecule has 0 radical (unpaired) electrons. The fraction of sp³-hybridized carbons (Fsp3) is 0.133. The number of para-hydroxylation sites is 4. The molecule has 1 fully saturated rings. The number of carbonyl (C=O) groups is 4. The number of benzene rings is 8. The molecule has 0 heterocycles. The van der Waals surface area contributed by atoms with Crippen LogP contribution in [-0.2, 0) is 45.2 Å². The van der Waals surface area contributed by atoms with Crippen molar-refractivity contribution in [3.05, 3.63) is 241 Å². The molecule has 1 aliphatic carbocycles. The molecule has 1 aliphatic rings. The molecule has 0 spiro atoms. The summed E-state index contributed by atoms with van der Waals surface area (Å²) in [5, 5.41) is 0. The van der Waals surface area contributed by atoms with Crippen LogP contribution in [0.2, 0.25) is 0 Å².